The molecule has 0 spiro atoms. The molecular weight excluding hydrogens is 344 g/mol. The normalized spacial score (nSPS) is 10.0. The summed E-state index contributed by atoms with van der Waals surface area (Å²) < 4.78 is 4.97. The molecule has 0 heterocycles. The van der Waals surface area contributed by atoms with Crippen molar-refractivity contribution in [3.05, 3.63) is 38.3 Å². The van der Waals surface area contributed by atoms with Crippen LogP contribution in [0, 0.1) is 10.1 Å². The standard InChI is InChI=1S/C13H15BrN2O5/c1-15(5-3-4-12(17)21-2)13(18)9-6-10(14)8-11(7-9)16(19)20/h6-8H,3-5H2,1-2H3. The summed E-state index contributed by atoms with van der Waals surface area (Å²) in [6, 6.07) is 4.07. The molecular formula is C13H15BrN2O5. The van der Waals surface area contributed by atoms with E-state index in [1.165, 1.54) is 30.2 Å². The number of methoxy groups -OCH3 is 1. The highest BCUT2D eigenvalue weighted by molar-refractivity contribution is 9.10. The van der Waals surface area contributed by atoms with E-state index in [9.17, 15) is 19.7 Å². The Balaban J connectivity index is 2.74. The number of benzene rings is 1. The van der Waals surface area contributed by atoms with Gasteiger partial charge >= 0.3 is 5.97 Å². The van der Waals surface area contributed by atoms with Crippen LogP contribution >= 0.6 is 15.9 Å². The topological polar surface area (TPSA) is 89.8 Å². The Morgan fingerprint density at radius 3 is 2.62 bits per heavy atom. The van der Waals surface area contributed by atoms with Gasteiger partial charge in [-0.15, -0.1) is 0 Å². The molecule has 0 fully saturated rings. The molecule has 7 nitrogen and oxygen atoms in total. The maximum atomic E-state index is 12.2. The van der Waals surface area contributed by atoms with Crippen LogP contribution in [-0.4, -0.2) is 42.4 Å². The number of nitro benzene ring substituents is 1. The van der Waals surface area contributed by atoms with Gasteiger partial charge in [-0.05, 0) is 12.5 Å². The van der Waals surface area contributed by atoms with Crippen molar-refractivity contribution < 1.29 is 19.2 Å². The molecule has 0 aliphatic carbocycles. The van der Waals surface area contributed by atoms with E-state index in [0.717, 1.165) is 0 Å². The molecule has 21 heavy (non-hydrogen) atoms. The van der Waals surface area contributed by atoms with Crippen LogP contribution in [0.3, 0.4) is 0 Å². The number of hydrogen-bond acceptors (Lipinski definition) is 5. The maximum Gasteiger partial charge on any atom is 0.305 e. The first kappa shape index (κ1) is 17.1. The summed E-state index contributed by atoms with van der Waals surface area (Å²) in [4.78, 5) is 34.8. The third-order valence-corrected chi connectivity index (χ3v) is 3.25. The molecule has 0 aliphatic rings. The Hall–Kier alpha value is -1.96. The fraction of sp³-hybridized carbons (Fsp3) is 0.385. The fourth-order valence-electron chi connectivity index (χ4n) is 1.69. The first-order valence-electron chi connectivity index (χ1n) is 6.12. The molecule has 0 unspecified atom stereocenters. The van der Waals surface area contributed by atoms with E-state index in [1.807, 2.05) is 0 Å². The Morgan fingerprint density at radius 1 is 1.38 bits per heavy atom. The van der Waals surface area contributed by atoms with Crippen molar-refractivity contribution in [3.8, 4) is 0 Å². The van der Waals surface area contributed by atoms with E-state index < -0.39 is 4.92 Å². The van der Waals surface area contributed by atoms with Gasteiger partial charge < -0.3 is 9.64 Å². The van der Waals surface area contributed by atoms with Gasteiger partial charge in [-0.1, -0.05) is 15.9 Å². The van der Waals surface area contributed by atoms with E-state index in [2.05, 4.69) is 20.7 Å². The fourth-order valence-corrected chi connectivity index (χ4v) is 2.17. The van der Waals surface area contributed by atoms with Crippen molar-refractivity contribution in [2.75, 3.05) is 20.7 Å². The first-order chi connectivity index (χ1) is 9.85. The second kappa shape index (κ2) is 7.72. The van der Waals surface area contributed by atoms with Gasteiger partial charge in [0.25, 0.3) is 11.6 Å². The van der Waals surface area contributed by atoms with Crippen molar-refractivity contribution in [1.29, 1.82) is 0 Å². The van der Waals surface area contributed by atoms with Crippen molar-refractivity contribution in [2.24, 2.45) is 0 Å². The summed E-state index contributed by atoms with van der Waals surface area (Å²) in [6.07, 6.45) is 0.678. The molecule has 1 rings (SSSR count). The number of nitrogens with zero attached hydrogens (tertiary/aromatic N) is 2. The number of halogens is 1. The molecule has 0 bridgehead atoms. The minimum atomic E-state index is -0.557. The van der Waals surface area contributed by atoms with E-state index >= 15 is 0 Å². The predicted molar refractivity (Wildman–Crippen MR) is 79.0 cm³/mol. The largest absolute Gasteiger partial charge is 0.469 e. The molecule has 0 atom stereocenters. The number of esters is 1. The highest BCUT2D eigenvalue weighted by Crippen LogP contribution is 2.22. The summed E-state index contributed by atoms with van der Waals surface area (Å²) in [7, 11) is 2.88. The number of ether oxygens (including phenoxy) is 1. The molecule has 1 amide bonds. The first-order valence-corrected chi connectivity index (χ1v) is 6.91. The minimum Gasteiger partial charge on any atom is -0.469 e. The molecule has 0 aliphatic heterocycles. The average molecular weight is 359 g/mol. The van der Waals surface area contributed by atoms with Crippen LogP contribution in [0.1, 0.15) is 23.2 Å². The predicted octanol–water partition coefficient (Wildman–Crippen LogP) is 2.38. The Morgan fingerprint density at radius 2 is 2.05 bits per heavy atom. The number of amides is 1. The third-order valence-electron chi connectivity index (χ3n) is 2.79. The van der Waals surface area contributed by atoms with Gasteiger partial charge in [-0.25, -0.2) is 0 Å². The van der Waals surface area contributed by atoms with Crippen LogP contribution < -0.4 is 0 Å². The van der Waals surface area contributed by atoms with Crippen molar-refractivity contribution in [2.45, 2.75) is 12.8 Å². The monoisotopic (exact) mass is 358 g/mol. The summed E-state index contributed by atoms with van der Waals surface area (Å²) in [5.74, 6) is -0.682. The van der Waals surface area contributed by atoms with Gasteiger partial charge in [0.2, 0.25) is 0 Å². The number of hydrogen-bond donors (Lipinski definition) is 0. The molecule has 0 aromatic heterocycles. The zero-order valence-electron chi connectivity index (χ0n) is 11.7. The lowest BCUT2D eigenvalue weighted by atomic mass is 10.1. The number of carbonyl (C=O) groups excluding carboxylic acids is 2. The molecule has 114 valence electrons. The molecule has 1 aromatic carbocycles. The average Bonchev–Trinajstić information content (AvgIpc) is 2.45. The quantitative estimate of drug-likeness (QED) is 0.442. The van der Waals surface area contributed by atoms with Gasteiger partial charge in [0.1, 0.15) is 0 Å². The number of nitro groups is 1. The smallest absolute Gasteiger partial charge is 0.305 e. The van der Waals surface area contributed by atoms with Gasteiger partial charge in [0.05, 0.1) is 12.0 Å². The molecule has 0 saturated heterocycles. The van der Waals surface area contributed by atoms with E-state index in [4.69, 9.17) is 0 Å². The van der Waals surface area contributed by atoms with Gasteiger partial charge in [0, 0.05) is 42.2 Å². The Bertz CT molecular complexity index is 561. The lowest BCUT2D eigenvalue weighted by Gasteiger charge is -2.17. The van der Waals surface area contributed by atoms with Crippen LogP contribution in [0.25, 0.3) is 0 Å². The molecule has 0 saturated carbocycles. The van der Waals surface area contributed by atoms with Gasteiger partial charge in [-0.2, -0.15) is 0 Å². The Kier molecular flexibility index (Phi) is 6.29. The lowest BCUT2D eigenvalue weighted by molar-refractivity contribution is -0.385. The minimum absolute atomic E-state index is 0.157. The van der Waals surface area contributed by atoms with Crippen molar-refractivity contribution >= 4 is 33.5 Å². The van der Waals surface area contributed by atoms with Gasteiger partial charge in [-0.3, -0.25) is 19.7 Å². The van der Waals surface area contributed by atoms with Gasteiger partial charge in [0.15, 0.2) is 0 Å². The zero-order valence-corrected chi connectivity index (χ0v) is 13.3. The summed E-state index contributed by atoms with van der Waals surface area (Å²) in [5.41, 5.74) is 0.0623. The van der Waals surface area contributed by atoms with Crippen LogP contribution in [0.4, 0.5) is 5.69 Å². The summed E-state index contributed by atoms with van der Waals surface area (Å²) >= 11 is 3.14. The number of rotatable bonds is 6. The van der Waals surface area contributed by atoms with Crippen LogP contribution in [-0.2, 0) is 9.53 Å². The highest BCUT2D eigenvalue weighted by atomic mass is 79.9. The third kappa shape index (κ3) is 5.14. The SMILES string of the molecule is COC(=O)CCCN(C)C(=O)c1cc(Br)cc([N+](=O)[O-])c1. The number of non-ortho nitro benzene ring substituents is 1. The second-order valence-corrected chi connectivity index (χ2v) is 5.28. The molecule has 0 N–H and O–H groups in total. The van der Waals surface area contributed by atoms with E-state index in [-0.39, 0.29) is 29.5 Å². The van der Waals surface area contributed by atoms with E-state index in [1.54, 1.807) is 7.05 Å². The van der Waals surface area contributed by atoms with Crippen molar-refractivity contribution in [3.63, 3.8) is 0 Å². The van der Waals surface area contributed by atoms with Crippen LogP contribution in [0.2, 0.25) is 0 Å². The zero-order chi connectivity index (χ0) is 16.0. The molecule has 1 aromatic rings. The Labute approximate surface area is 130 Å². The molecule has 8 heteroatoms. The summed E-state index contributed by atoms with van der Waals surface area (Å²) in [5, 5.41) is 10.8. The van der Waals surface area contributed by atoms with Crippen LogP contribution in [0.5, 0.6) is 0 Å². The lowest BCUT2D eigenvalue weighted by Crippen LogP contribution is -2.28. The maximum absolute atomic E-state index is 12.2. The molecule has 0 radical (unpaired) electrons. The number of carbonyl (C=O) groups is 2. The highest BCUT2D eigenvalue weighted by Gasteiger charge is 2.17. The second-order valence-electron chi connectivity index (χ2n) is 4.36. The van der Waals surface area contributed by atoms with E-state index in [0.29, 0.717) is 17.4 Å². The van der Waals surface area contributed by atoms with Crippen molar-refractivity contribution in [1.82, 2.24) is 4.90 Å². The van der Waals surface area contributed by atoms with Crippen LogP contribution in [0.15, 0.2) is 22.7 Å². The summed E-state index contributed by atoms with van der Waals surface area (Å²) in [6.45, 7) is 0.355.